The van der Waals surface area contributed by atoms with Crippen LogP contribution in [0.2, 0.25) is 0 Å². The van der Waals surface area contributed by atoms with Crippen molar-refractivity contribution in [2.45, 2.75) is 58.0 Å². The van der Waals surface area contributed by atoms with Crippen LogP contribution in [-0.4, -0.2) is 18.6 Å². The molecule has 0 aliphatic heterocycles. The van der Waals surface area contributed by atoms with Crippen molar-refractivity contribution in [3.8, 4) is 0 Å². The molecule has 0 heterocycles. The molecule has 1 amide bonds. The first-order valence-electron chi connectivity index (χ1n) is 6.33. The van der Waals surface area contributed by atoms with Crippen molar-refractivity contribution in [3.63, 3.8) is 0 Å². The number of amides is 1. The summed E-state index contributed by atoms with van der Waals surface area (Å²) in [5.74, 6) is 5.76. The van der Waals surface area contributed by atoms with E-state index in [4.69, 9.17) is 10.6 Å². The molecule has 3 N–H and O–H groups in total. The van der Waals surface area contributed by atoms with E-state index in [1.165, 1.54) is 25.7 Å². The summed E-state index contributed by atoms with van der Waals surface area (Å²) < 4.78 is 5.78. The molecule has 4 nitrogen and oxygen atoms in total. The van der Waals surface area contributed by atoms with Crippen LogP contribution in [0.25, 0.3) is 0 Å². The molecule has 0 aromatic heterocycles. The van der Waals surface area contributed by atoms with Crippen molar-refractivity contribution in [3.05, 3.63) is 0 Å². The topological polar surface area (TPSA) is 64.3 Å². The van der Waals surface area contributed by atoms with Gasteiger partial charge in [-0.25, -0.2) is 5.84 Å². The number of nitrogens with two attached hydrogens (primary N) is 1. The molecule has 0 atom stereocenters. The fourth-order valence-corrected chi connectivity index (χ4v) is 2.11. The van der Waals surface area contributed by atoms with Gasteiger partial charge in [0.05, 0.1) is 6.10 Å². The quantitative estimate of drug-likeness (QED) is 0.315. The number of unbranched alkanes of at least 4 members (excludes halogenated alkanes) is 1. The Morgan fingerprint density at radius 2 is 2.00 bits per heavy atom. The molecule has 0 aromatic rings. The average Bonchev–Trinajstić information content (AvgIpc) is 2.31. The van der Waals surface area contributed by atoms with Crippen LogP contribution in [0, 0.1) is 5.92 Å². The second-order valence-corrected chi connectivity index (χ2v) is 4.78. The first-order valence-corrected chi connectivity index (χ1v) is 6.33. The lowest BCUT2D eigenvalue weighted by molar-refractivity contribution is -0.121. The highest BCUT2D eigenvalue weighted by Crippen LogP contribution is 2.25. The molecular formula is C12H24N2O2. The van der Waals surface area contributed by atoms with E-state index in [1.54, 1.807) is 0 Å². The molecule has 16 heavy (non-hydrogen) atoms. The van der Waals surface area contributed by atoms with Gasteiger partial charge in [-0.05, 0) is 44.4 Å². The Hall–Kier alpha value is -0.610. The Balaban J connectivity index is 1.93. The number of carbonyl (C=O) groups is 1. The molecule has 1 rings (SSSR count). The Labute approximate surface area is 97.9 Å². The Morgan fingerprint density at radius 1 is 1.31 bits per heavy atom. The van der Waals surface area contributed by atoms with Gasteiger partial charge in [-0.3, -0.25) is 10.2 Å². The van der Waals surface area contributed by atoms with Crippen molar-refractivity contribution < 1.29 is 9.53 Å². The highest BCUT2D eigenvalue weighted by molar-refractivity contribution is 5.74. The molecule has 0 bridgehead atoms. The normalized spacial score (nSPS) is 25.4. The highest BCUT2D eigenvalue weighted by Gasteiger charge is 2.18. The van der Waals surface area contributed by atoms with Crippen LogP contribution in [0.3, 0.4) is 0 Å². The number of hydrogen-bond donors (Lipinski definition) is 2. The Morgan fingerprint density at radius 3 is 2.62 bits per heavy atom. The standard InChI is InChI=1S/C12H24N2O2/c1-10-5-7-11(8-6-10)16-9-3-2-4-12(15)14-13/h10-11H,2-9,13H2,1H3,(H,14,15). The summed E-state index contributed by atoms with van der Waals surface area (Å²) in [6.07, 6.45) is 7.74. The van der Waals surface area contributed by atoms with E-state index >= 15 is 0 Å². The first kappa shape index (κ1) is 13.5. The predicted octanol–water partition coefficient (Wildman–Crippen LogP) is 1.74. The second-order valence-electron chi connectivity index (χ2n) is 4.78. The summed E-state index contributed by atoms with van der Waals surface area (Å²) in [5, 5.41) is 0. The molecule has 0 aromatic carbocycles. The van der Waals surface area contributed by atoms with Gasteiger partial charge in [-0.1, -0.05) is 6.92 Å². The van der Waals surface area contributed by atoms with Crippen LogP contribution in [0.15, 0.2) is 0 Å². The molecule has 0 radical (unpaired) electrons. The van der Waals surface area contributed by atoms with Crippen molar-refractivity contribution in [2.24, 2.45) is 11.8 Å². The molecule has 0 unspecified atom stereocenters. The Kier molecular flexibility index (Phi) is 6.42. The molecule has 1 aliphatic rings. The fourth-order valence-electron chi connectivity index (χ4n) is 2.11. The molecule has 0 saturated heterocycles. The van der Waals surface area contributed by atoms with Crippen LogP contribution in [0.5, 0.6) is 0 Å². The molecule has 1 saturated carbocycles. The fraction of sp³-hybridized carbons (Fsp3) is 0.917. The minimum Gasteiger partial charge on any atom is -0.378 e. The number of rotatable bonds is 6. The second kappa shape index (κ2) is 7.63. The van der Waals surface area contributed by atoms with Gasteiger partial charge in [0.25, 0.3) is 0 Å². The van der Waals surface area contributed by atoms with Gasteiger partial charge in [-0.2, -0.15) is 0 Å². The van der Waals surface area contributed by atoms with Gasteiger partial charge in [0, 0.05) is 13.0 Å². The molecule has 1 aliphatic carbocycles. The zero-order valence-electron chi connectivity index (χ0n) is 10.2. The predicted molar refractivity (Wildman–Crippen MR) is 63.6 cm³/mol. The minimum absolute atomic E-state index is 0.0912. The first-order chi connectivity index (χ1) is 7.72. The summed E-state index contributed by atoms with van der Waals surface area (Å²) in [7, 11) is 0. The molecule has 4 heteroatoms. The zero-order chi connectivity index (χ0) is 11.8. The Bertz CT molecular complexity index is 201. The lowest BCUT2D eigenvalue weighted by Crippen LogP contribution is -2.29. The van der Waals surface area contributed by atoms with E-state index in [0.717, 1.165) is 25.4 Å². The van der Waals surface area contributed by atoms with Gasteiger partial charge >= 0.3 is 0 Å². The maximum Gasteiger partial charge on any atom is 0.233 e. The van der Waals surface area contributed by atoms with E-state index in [0.29, 0.717) is 12.5 Å². The number of carbonyl (C=O) groups excluding carboxylic acids is 1. The van der Waals surface area contributed by atoms with Crippen molar-refractivity contribution in [2.75, 3.05) is 6.61 Å². The number of nitrogens with one attached hydrogen (secondary N) is 1. The number of hydrazine groups is 1. The van der Waals surface area contributed by atoms with Crippen LogP contribution < -0.4 is 11.3 Å². The largest absolute Gasteiger partial charge is 0.378 e. The number of ether oxygens (including phenoxy) is 1. The number of hydrogen-bond acceptors (Lipinski definition) is 3. The van der Waals surface area contributed by atoms with Crippen molar-refractivity contribution in [1.29, 1.82) is 0 Å². The maximum atomic E-state index is 10.8. The van der Waals surface area contributed by atoms with Crippen LogP contribution in [-0.2, 0) is 9.53 Å². The van der Waals surface area contributed by atoms with Crippen molar-refractivity contribution >= 4 is 5.91 Å². The maximum absolute atomic E-state index is 10.8. The third-order valence-electron chi connectivity index (χ3n) is 3.28. The minimum atomic E-state index is -0.0912. The van der Waals surface area contributed by atoms with Gasteiger partial charge in [0.15, 0.2) is 0 Å². The third kappa shape index (κ3) is 5.47. The van der Waals surface area contributed by atoms with E-state index in [2.05, 4.69) is 12.3 Å². The molecular weight excluding hydrogens is 204 g/mol. The average molecular weight is 228 g/mol. The van der Waals surface area contributed by atoms with Crippen molar-refractivity contribution in [1.82, 2.24) is 5.43 Å². The summed E-state index contributed by atoms with van der Waals surface area (Å²) in [4.78, 5) is 10.8. The SMILES string of the molecule is CC1CCC(OCCCCC(=O)NN)CC1. The zero-order valence-corrected chi connectivity index (χ0v) is 10.2. The van der Waals surface area contributed by atoms with Crippen LogP contribution in [0.4, 0.5) is 0 Å². The van der Waals surface area contributed by atoms with E-state index in [9.17, 15) is 4.79 Å². The molecule has 0 spiro atoms. The summed E-state index contributed by atoms with van der Waals surface area (Å²) >= 11 is 0. The summed E-state index contributed by atoms with van der Waals surface area (Å²) in [6.45, 7) is 3.08. The molecule has 94 valence electrons. The monoisotopic (exact) mass is 228 g/mol. The summed E-state index contributed by atoms with van der Waals surface area (Å²) in [5.41, 5.74) is 2.13. The van der Waals surface area contributed by atoms with Gasteiger partial charge in [-0.15, -0.1) is 0 Å². The van der Waals surface area contributed by atoms with E-state index in [-0.39, 0.29) is 5.91 Å². The highest BCUT2D eigenvalue weighted by atomic mass is 16.5. The van der Waals surface area contributed by atoms with Gasteiger partial charge in [0.1, 0.15) is 0 Å². The van der Waals surface area contributed by atoms with Crippen LogP contribution >= 0.6 is 0 Å². The smallest absolute Gasteiger partial charge is 0.233 e. The van der Waals surface area contributed by atoms with Gasteiger partial charge in [0.2, 0.25) is 5.91 Å². The molecule has 1 fully saturated rings. The van der Waals surface area contributed by atoms with E-state index < -0.39 is 0 Å². The lowest BCUT2D eigenvalue weighted by atomic mass is 9.89. The third-order valence-corrected chi connectivity index (χ3v) is 3.28. The summed E-state index contributed by atoms with van der Waals surface area (Å²) in [6, 6.07) is 0. The van der Waals surface area contributed by atoms with E-state index in [1.807, 2.05) is 0 Å². The van der Waals surface area contributed by atoms with Crippen LogP contribution in [0.1, 0.15) is 51.9 Å². The lowest BCUT2D eigenvalue weighted by Gasteiger charge is -2.26. The van der Waals surface area contributed by atoms with Gasteiger partial charge < -0.3 is 4.74 Å².